The molecule has 1 atom stereocenters. The van der Waals surface area contributed by atoms with Gasteiger partial charge in [-0.3, -0.25) is 4.90 Å². The molecule has 0 fully saturated rings. The minimum Gasteiger partial charge on any atom is -0.388 e. The summed E-state index contributed by atoms with van der Waals surface area (Å²) >= 11 is 11.7. The van der Waals surface area contributed by atoms with Gasteiger partial charge in [0.1, 0.15) is 0 Å². The Hall–Kier alpha value is -0.490. The van der Waals surface area contributed by atoms with Gasteiger partial charge in [0.2, 0.25) is 0 Å². The summed E-state index contributed by atoms with van der Waals surface area (Å²) in [5.74, 6) is 0. The first-order chi connectivity index (χ1) is 8.70. The fourth-order valence-corrected chi connectivity index (χ4v) is 2.09. The quantitative estimate of drug-likeness (QED) is 0.890. The highest BCUT2D eigenvalue weighted by atomic mass is 35.5. The minimum absolute atomic E-state index is 0.101. The van der Waals surface area contributed by atoms with E-state index in [1.54, 1.807) is 18.2 Å². The third-order valence-electron chi connectivity index (χ3n) is 2.57. The molecule has 0 heterocycles. The Morgan fingerprint density at radius 2 is 1.95 bits per heavy atom. The zero-order chi connectivity index (χ0) is 14.6. The predicted octanol–water partition coefficient (Wildman–Crippen LogP) is 3.91. The first-order valence-corrected chi connectivity index (χ1v) is 6.33. The standard InChI is InChI=1S/C12H14Cl2F3NO/c1-18(7-12(15,16)17)6-5-10(19)8-3-2-4-9(13)11(8)14/h2-4,10,19H,5-7H2,1H3. The molecule has 19 heavy (non-hydrogen) atoms. The van der Waals surface area contributed by atoms with E-state index in [0.29, 0.717) is 10.6 Å². The van der Waals surface area contributed by atoms with Crippen molar-refractivity contribution in [2.45, 2.75) is 18.7 Å². The molecule has 0 saturated carbocycles. The van der Waals surface area contributed by atoms with Crippen LogP contribution in [0.25, 0.3) is 0 Å². The Labute approximate surface area is 119 Å². The second-order valence-corrected chi connectivity index (χ2v) is 5.09. The van der Waals surface area contributed by atoms with E-state index in [-0.39, 0.29) is 18.0 Å². The average Bonchev–Trinajstić information content (AvgIpc) is 2.27. The third-order valence-corrected chi connectivity index (χ3v) is 3.41. The minimum atomic E-state index is -4.24. The number of aliphatic hydroxyl groups excluding tert-OH is 1. The zero-order valence-electron chi connectivity index (χ0n) is 10.2. The molecule has 0 aliphatic heterocycles. The molecule has 0 saturated heterocycles. The second kappa shape index (κ2) is 6.79. The van der Waals surface area contributed by atoms with E-state index in [2.05, 4.69) is 0 Å². The van der Waals surface area contributed by atoms with Crippen molar-refractivity contribution in [3.8, 4) is 0 Å². The summed E-state index contributed by atoms with van der Waals surface area (Å²) < 4.78 is 36.4. The largest absolute Gasteiger partial charge is 0.401 e. The zero-order valence-corrected chi connectivity index (χ0v) is 11.7. The van der Waals surface area contributed by atoms with Crippen LogP contribution in [0.4, 0.5) is 13.2 Å². The summed E-state index contributed by atoms with van der Waals surface area (Å²) in [6.45, 7) is -0.910. The summed E-state index contributed by atoms with van der Waals surface area (Å²) in [4.78, 5) is 1.10. The lowest BCUT2D eigenvalue weighted by Gasteiger charge is -2.20. The Morgan fingerprint density at radius 3 is 2.53 bits per heavy atom. The van der Waals surface area contributed by atoms with Gasteiger partial charge in [0.15, 0.2) is 0 Å². The number of halogens is 5. The topological polar surface area (TPSA) is 23.5 Å². The van der Waals surface area contributed by atoms with Gasteiger partial charge in [-0.2, -0.15) is 13.2 Å². The SMILES string of the molecule is CN(CCC(O)c1cccc(Cl)c1Cl)CC(F)(F)F. The molecule has 0 bridgehead atoms. The number of nitrogens with zero attached hydrogens (tertiary/aromatic N) is 1. The van der Waals surface area contributed by atoms with Gasteiger partial charge in [-0.25, -0.2) is 0 Å². The summed E-state index contributed by atoms with van der Waals surface area (Å²) in [6, 6.07) is 4.81. The van der Waals surface area contributed by atoms with Gasteiger partial charge in [0.05, 0.1) is 22.7 Å². The molecule has 0 aliphatic carbocycles. The van der Waals surface area contributed by atoms with Crippen molar-refractivity contribution in [3.05, 3.63) is 33.8 Å². The molecular weight excluding hydrogens is 302 g/mol. The average molecular weight is 316 g/mol. The lowest BCUT2D eigenvalue weighted by Crippen LogP contribution is -2.32. The molecule has 0 aliphatic rings. The van der Waals surface area contributed by atoms with E-state index in [0.717, 1.165) is 4.90 Å². The molecule has 0 radical (unpaired) electrons. The summed E-state index contributed by atoms with van der Waals surface area (Å²) in [7, 11) is 1.35. The third kappa shape index (κ3) is 5.57. The number of alkyl halides is 3. The summed E-state index contributed by atoms with van der Waals surface area (Å²) in [5, 5.41) is 10.5. The van der Waals surface area contributed by atoms with Crippen molar-refractivity contribution in [1.82, 2.24) is 4.90 Å². The number of hydrogen-bond donors (Lipinski definition) is 1. The highest BCUT2D eigenvalue weighted by Gasteiger charge is 2.29. The lowest BCUT2D eigenvalue weighted by molar-refractivity contribution is -0.143. The maximum absolute atomic E-state index is 12.1. The van der Waals surface area contributed by atoms with Gasteiger partial charge in [-0.05, 0) is 19.5 Å². The molecule has 1 rings (SSSR count). The van der Waals surface area contributed by atoms with Crippen molar-refractivity contribution >= 4 is 23.2 Å². The van der Waals surface area contributed by atoms with Crippen LogP contribution < -0.4 is 0 Å². The maximum Gasteiger partial charge on any atom is 0.401 e. The number of aliphatic hydroxyl groups is 1. The number of rotatable bonds is 5. The van der Waals surface area contributed by atoms with E-state index in [9.17, 15) is 18.3 Å². The molecule has 1 aromatic rings. The number of hydrogen-bond acceptors (Lipinski definition) is 2. The fourth-order valence-electron chi connectivity index (χ4n) is 1.66. The van der Waals surface area contributed by atoms with Gasteiger partial charge in [-0.1, -0.05) is 35.3 Å². The predicted molar refractivity (Wildman–Crippen MR) is 69.6 cm³/mol. The van der Waals surface area contributed by atoms with E-state index < -0.39 is 18.8 Å². The van der Waals surface area contributed by atoms with Crippen molar-refractivity contribution in [3.63, 3.8) is 0 Å². The van der Waals surface area contributed by atoms with Gasteiger partial charge < -0.3 is 5.11 Å². The van der Waals surface area contributed by atoms with Crippen LogP contribution in [0.2, 0.25) is 10.0 Å². The monoisotopic (exact) mass is 315 g/mol. The van der Waals surface area contributed by atoms with E-state index >= 15 is 0 Å². The van der Waals surface area contributed by atoms with E-state index in [1.807, 2.05) is 0 Å². The van der Waals surface area contributed by atoms with Gasteiger partial charge in [0, 0.05) is 12.1 Å². The summed E-state index contributed by atoms with van der Waals surface area (Å²) in [5.41, 5.74) is 0.426. The second-order valence-electron chi connectivity index (χ2n) is 4.30. The van der Waals surface area contributed by atoms with Crippen LogP contribution in [0, 0.1) is 0 Å². The first kappa shape index (κ1) is 16.6. The normalized spacial score (nSPS) is 13.9. The molecule has 108 valence electrons. The molecule has 2 nitrogen and oxygen atoms in total. The maximum atomic E-state index is 12.1. The highest BCUT2D eigenvalue weighted by molar-refractivity contribution is 6.42. The molecule has 1 aromatic carbocycles. The Balaban J connectivity index is 2.56. The molecular formula is C12H14Cl2F3NO. The number of benzene rings is 1. The van der Waals surface area contributed by atoms with Gasteiger partial charge >= 0.3 is 6.18 Å². The van der Waals surface area contributed by atoms with Crippen LogP contribution in [0.15, 0.2) is 18.2 Å². The van der Waals surface area contributed by atoms with Crippen LogP contribution in [0.5, 0.6) is 0 Å². The van der Waals surface area contributed by atoms with Crippen molar-refractivity contribution < 1.29 is 18.3 Å². The smallest absolute Gasteiger partial charge is 0.388 e. The lowest BCUT2D eigenvalue weighted by atomic mass is 10.1. The highest BCUT2D eigenvalue weighted by Crippen LogP contribution is 2.31. The Morgan fingerprint density at radius 1 is 1.32 bits per heavy atom. The molecule has 7 heteroatoms. The van der Waals surface area contributed by atoms with Crippen LogP contribution in [0.3, 0.4) is 0 Å². The molecule has 0 aromatic heterocycles. The molecule has 1 N–H and O–H groups in total. The molecule has 1 unspecified atom stereocenters. The Bertz CT molecular complexity index is 426. The van der Waals surface area contributed by atoms with Crippen LogP contribution in [0.1, 0.15) is 18.1 Å². The van der Waals surface area contributed by atoms with E-state index in [1.165, 1.54) is 7.05 Å². The van der Waals surface area contributed by atoms with Crippen molar-refractivity contribution in [2.75, 3.05) is 20.1 Å². The molecule has 0 amide bonds. The fraction of sp³-hybridized carbons (Fsp3) is 0.500. The molecule has 0 spiro atoms. The first-order valence-electron chi connectivity index (χ1n) is 5.58. The van der Waals surface area contributed by atoms with Gasteiger partial charge in [-0.15, -0.1) is 0 Å². The Kier molecular flexibility index (Phi) is 5.92. The van der Waals surface area contributed by atoms with Crippen LogP contribution >= 0.6 is 23.2 Å². The van der Waals surface area contributed by atoms with Crippen molar-refractivity contribution in [1.29, 1.82) is 0 Å². The summed E-state index contributed by atoms with van der Waals surface area (Å²) in [6.07, 6.45) is -5.04. The van der Waals surface area contributed by atoms with Gasteiger partial charge in [0.25, 0.3) is 0 Å². The van der Waals surface area contributed by atoms with E-state index in [4.69, 9.17) is 23.2 Å². The van der Waals surface area contributed by atoms with Crippen LogP contribution in [-0.2, 0) is 0 Å². The van der Waals surface area contributed by atoms with Crippen molar-refractivity contribution in [2.24, 2.45) is 0 Å². The van der Waals surface area contributed by atoms with Crippen LogP contribution in [-0.4, -0.2) is 36.3 Å².